The Balaban J connectivity index is 2.52. The molecule has 136 valence electrons. The van der Waals surface area contributed by atoms with Gasteiger partial charge < -0.3 is 20.1 Å². The number of nitrogens with zero attached hydrogens (tertiary/aromatic N) is 1. The summed E-state index contributed by atoms with van der Waals surface area (Å²) in [5, 5.41) is 13.3. The van der Waals surface area contributed by atoms with Gasteiger partial charge in [-0.2, -0.15) is 0 Å². The molecule has 23 heavy (non-hydrogen) atoms. The molecule has 1 fully saturated rings. The Morgan fingerprint density at radius 2 is 1.96 bits per heavy atom. The average molecular weight is 328 g/mol. The number of hydrogen-bond donors (Lipinski definition) is 2. The topological polar surface area (TPSA) is 61.8 Å². The lowest BCUT2D eigenvalue weighted by atomic mass is 9.96. The van der Waals surface area contributed by atoms with E-state index in [-0.39, 0.29) is 30.2 Å². The lowest BCUT2D eigenvalue weighted by Crippen LogP contribution is -2.49. The summed E-state index contributed by atoms with van der Waals surface area (Å²) < 4.78 is 5.55. The SMILES string of the molecule is CC(CC1CCCCN1C(=O)OC(C)(C)C)NCC(O)C(C)C. The van der Waals surface area contributed by atoms with Crippen molar-refractivity contribution in [3.05, 3.63) is 0 Å². The zero-order valence-corrected chi connectivity index (χ0v) is 15.8. The van der Waals surface area contributed by atoms with Crippen molar-refractivity contribution in [2.45, 2.75) is 91.0 Å². The third kappa shape index (κ3) is 7.53. The number of amides is 1. The van der Waals surface area contributed by atoms with Crippen molar-refractivity contribution in [1.82, 2.24) is 10.2 Å². The van der Waals surface area contributed by atoms with E-state index >= 15 is 0 Å². The van der Waals surface area contributed by atoms with E-state index < -0.39 is 5.60 Å². The average Bonchev–Trinajstić information content (AvgIpc) is 2.43. The molecule has 2 N–H and O–H groups in total. The highest BCUT2D eigenvalue weighted by atomic mass is 16.6. The molecular formula is C18H36N2O3. The number of carbonyl (C=O) groups excluding carboxylic acids is 1. The Morgan fingerprint density at radius 1 is 1.30 bits per heavy atom. The summed E-state index contributed by atoms with van der Waals surface area (Å²) >= 11 is 0. The van der Waals surface area contributed by atoms with Crippen LogP contribution >= 0.6 is 0 Å². The molecule has 0 saturated carbocycles. The fourth-order valence-electron chi connectivity index (χ4n) is 2.86. The first-order valence-electron chi connectivity index (χ1n) is 9.01. The van der Waals surface area contributed by atoms with Crippen molar-refractivity contribution in [3.63, 3.8) is 0 Å². The van der Waals surface area contributed by atoms with Crippen LogP contribution in [0.5, 0.6) is 0 Å². The monoisotopic (exact) mass is 328 g/mol. The molecule has 0 aliphatic carbocycles. The fraction of sp³-hybridized carbons (Fsp3) is 0.944. The Kier molecular flexibility index (Phi) is 7.81. The predicted molar refractivity (Wildman–Crippen MR) is 93.5 cm³/mol. The summed E-state index contributed by atoms with van der Waals surface area (Å²) in [7, 11) is 0. The van der Waals surface area contributed by atoms with Crippen molar-refractivity contribution in [2.24, 2.45) is 5.92 Å². The molecule has 0 aromatic heterocycles. The van der Waals surface area contributed by atoms with E-state index in [1.54, 1.807) is 0 Å². The summed E-state index contributed by atoms with van der Waals surface area (Å²) in [5.41, 5.74) is -0.454. The Bertz CT molecular complexity index is 366. The number of aliphatic hydroxyl groups is 1. The third-order valence-corrected chi connectivity index (χ3v) is 4.33. The van der Waals surface area contributed by atoms with Crippen LogP contribution < -0.4 is 5.32 Å². The number of likely N-dealkylation sites (tertiary alicyclic amines) is 1. The van der Waals surface area contributed by atoms with Crippen LogP contribution in [0, 0.1) is 5.92 Å². The first kappa shape index (κ1) is 20.2. The predicted octanol–water partition coefficient (Wildman–Crippen LogP) is 3.16. The number of carbonyl (C=O) groups is 1. The van der Waals surface area contributed by atoms with E-state index in [2.05, 4.69) is 12.2 Å². The molecule has 0 aromatic carbocycles. The molecule has 1 saturated heterocycles. The summed E-state index contributed by atoms with van der Waals surface area (Å²) in [4.78, 5) is 14.3. The zero-order chi connectivity index (χ0) is 17.6. The van der Waals surface area contributed by atoms with Gasteiger partial charge in [-0.3, -0.25) is 0 Å². The van der Waals surface area contributed by atoms with E-state index in [1.165, 1.54) is 0 Å². The van der Waals surface area contributed by atoms with Gasteiger partial charge in [-0.05, 0) is 59.3 Å². The van der Waals surface area contributed by atoms with Gasteiger partial charge in [0.2, 0.25) is 0 Å². The highest BCUT2D eigenvalue weighted by molar-refractivity contribution is 5.68. The van der Waals surface area contributed by atoms with E-state index in [0.29, 0.717) is 6.54 Å². The molecule has 0 bridgehead atoms. The minimum Gasteiger partial charge on any atom is -0.444 e. The molecule has 1 rings (SSSR count). The van der Waals surface area contributed by atoms with Crippen LogP contribution in [0.4, 0.5) is 4.79 Å². The quantitative estimate of drug-likeness (QED) is 0.786. The first-order valence-corrected chi connectivity index (χ1v) is 9.01. The van der Waals surface area contributed by atoms with Gasteiger partial charge in [0.1, 0.15) is 5.60 Å². The van der Waals surface area contributed by atoms with Crippen LogP contribution in [-0.4, -0.2) is 53.0 Å². The Hall–Kier alpha value is -0.810. The maximum atomic E-state index is 12.4. The summed E-state index contributed by atoms with van der Waals surface area (Å²) in [6, 6.07) is 0.480. The molecule has 3 atom stereocenters. The van der Waals surface area contributed by atoms with Gasteiger partial charge in [0, 0.05) is 25.2 Å². The van der Waals surface area contributed by atoms with Crippen LogP contribution in [-0.2, 0) is 4.74 Å². The number of aliphatic hydroxyl groups excluding tert-OH is 1. The van der Waals surface area contributed by atoms with Gasteiger partial charge in [-0.1, -0.05) is 13.8 Å². The van der Waals surface area contributed by atoms with Crippen molar-refractivity contribution >= 4 is 6.09 Å². The summed E-state index contributed by atoms with van der Waals surface area (Å²) in [5.74, 6) is 0.252. The largest absolute Gasteiger partial charge is 0.444 e. The maximum Gasteiger partial charge on any atom is 0.410 e. The second kappa shape index (κ2) is 8.88. The van der Waals surface area contributed by atoms with Crippen molar-refractivity contribution in [2.75, 3.05) is 13.1 Å². The first-order chi connectivity index (χ1) is 10.6. The van der Waals surface area contributed by atoms with Crippen LogP contribution in [0.25, 0.3) is 0 Å². The molecule has 5 heteroatoms. The summed E-state index contributed by atoms with van der Waals surface area (Å²) in [6.07, 6.45) is 3.60. The van der Waals surface area contributed by atoms with Gasteiger partial charge in [0.15, 0.2) is 0 Å². The lowest BCUT2D eigenvalue weighted by Gasteiger charge is -2.38. The Morgan fingerprint density at radius 3 is 2.52 bits per heavy atom. The molecule has 0 spiro atoms. The minimum atomic E-state index is -0.454. The second-order valence-electron chi connectivity index (χ2n) is 8.18. The Labute approximate surface area is 141 Å². The molecule has 5 nitrogen and oxygen atoms in total. The molecule has 1 heterocycles. The zero-order valence-electron chi connectivity index (χ0n) is 15.8. The third-order valence-electron chi connectivity index (χ3n) is 4.33. The minimum absolute atomic E-state index is 0.198. The number of hydrogen-bond acceptors (Lipinski definition) is 4. The van der Waals surface area contributed by atoms with E-state index in [4.69, 9.17) is 4.74 Å². The number of nitrogens with one attached hydrogen (secondary N) is 1. The molecular weight excluding hydrogens is 292 g/mol. The van der Waals surface area contributed by atoms with Crippen molar-refractivity contribution < 1.29 is 14.6 Å². The van der Waals surface area contributed by atoms with Crippen LogP contribution in [0.3, 0.4) is 0 Å². The van der Waals surface area contributed by atoms with Gasteiger partial charge in [-0.15, -0.1) is 0 Å². The molecule has 1 amide bonds. The molecule has 3 unspecified atom stereocenters. The standard InChI is InChI=1S/C18H36N2O3/c1-13(2)16(21)12-19-14(3)11-15-9-7-8-10-20(15)17(22)23-18(4,5)6/h13-16,19,21H,7-12H2,1-6H3. The highest BCUT2D eigenvalue weighted by Gasteiger charge is 2.31. The van der Waals surface area contributed by atoms with Crippen LogP contribution in [0.15, 0.2) is 0 Å². The highest BCUT2D eigenvalue weighted by Crippen LogP contribution is 2.23. The lowest BCUT2D eigenvalue weighted by molar-refractivity contribution is 0.00764. The smallest absolute Gasteiger partial charge is 0.410 e. The van der Waals surface area contributed by atoms with E-state index in [9.17, 15) is 9.90 Å². The molecule has 1 aliphatic heterocycles. The van der Waals surface area contributed by atoms with Crippen molar-refractivity contribution in [1.29, 1.82) is 0 Å². The molecule has 0 aromatic rings. The van der Waals surface area contributed by atoms with Gasteiger partial charge in [0.05, 0.1) is 6.10 Å². The molecule has 1 aliphatic rings. The number of piperidine rings is 1. The second-order valence-corrected chi connectivity index (χ2v) is 8.18. The normalized spacial score (nSPS) is 22.1. The summed E-state index contributed by atoms with van der Waals surface area (Å²) in [6.45, 7) is 13.2. The number of rotatable bonds is 6. The van der Waals surface area contributed by atoms with E-state index in [1.807, 2.05) is 39.5 Å². The fourth-order valence-corrected chi connectivity index (χ4v) is 2.86. The van der Waals surface area contributed by atoms with Gasteiger partial charge in [-0.25, -0.2) is 4.79 Å². The molecule has 0 radical (unpaired) electrons. The van der Waals surface area contributed by atoms with E-state index in [0.717, 1.165) is 32.2 Å². The van der Waals surface area contributed by atoms with Gasteiger partial charge >= 0.3 is 6.09 Å². The van der Waals surface area contributed by atoms with Crippen LogP contribution in [0.2, 0.25) is 0 Å². The van der Waals surface area contributed by atoms with Crippen LogP contribution in [0.1, 0.15) is 67.2 Å². The van der Waals surface area contributed by atoms with Crippen molar-refractivity contribution in [3.8, 4) is 0 Å². The number of ether oxygens (including phenoxy) is 1. The van der Waals surface area contributed by atoms with Gasteiger partial charge in [0.25, 0.3) is 0 Å². The maximum absolute atomic E-state index is 12.4.